The molecule has 0 unspecified atom stereocenters. The summed E-state index contributed by atoms with van der Waals surface area (Å²) in [4.78, 5) is 0.384. The molecule has 2 fully saturated rings. The maximum Gasteiger partial charge on any atom is 0.494 e. The molecule has 1 aromatic rings. The van der Waals surface area contributed by atoms with Crippen LogP contribution in [0.5, 0.6) is 0 Å². The third-order valence-corrected chi connectivity index (χ3v) is 7.74. The summed E-state index contributed by atoms with van der Waals surface area (Å²) >= 11 is 0. The van der Waals surface area contributed by atoms with Crippen LogP contribution >= 0.6 is 0 Å². The molecule has 132 valence electrons. The van der Waals surface area contributed by atoms with Crippen LogP contribution in [0.4, 0.5) is 0 Å². The van der Waals surface area contributed by atoms with Gasteiger partial charge in [0.1, 0.15) is 0 Å². The minimum Gasteiger partial charge on any atom is -0.399 e. The minimum atomic E-state index is -3.27. The second-order valence-electron chi connectivity index (χ2n) is 7.65. The van der Waals surface area contributed by atoms with Crippen LogP contribution in [-0.4, -0.2) is 45.1 Å². The van der Waals surface area contributed by atoms with Crippen LogP contribution in [0.2, 0.25) is 0 Å². The third-order valence-electron chi connectivity index (χ3n) is 5.46. The largest absolute Gasteiger partial charge is 0.494 e. The molecule has 1 N–H and O–H groups in total. The maximum absolute atomic E-state index is 12.7. The molecule has 3 rings (SSSR count). The zero-order valence-electron chi connectivity index (χ0n) is 14.8. The van der Waals surface area contributed by atoms with Crippen LogP contribution in [-0.2, 0) is 19.1 Å². The van der Waals surface area contributed by atoms with Gasteiger partial charge in [-0.2, -0.15) is 0 Å². The van der Waals surface area contributed by atoms with E-state index in [1.165, 1.54) is 0 Å². The molecule has 0 aliphatic carbocycles. The molecule has 0 radical (unpaired) electrons. The van der Waals surface area contributed by atoms with E-state index < -0.39 is 28.2 Å². The first-order chi connectivity index (χ1) is 11.1. The Morgan fingerprint density at radius 1 is 1.00 bits per heavy atom. The normalized spacial score (nSPS) is 24.2. The molecular weight excluding hydrogens is 325 g/mol. The summed E-state index contributed by atoms with van der Waals surface area (Å²) in [5.41, 5.74) is 0.0348. The smallest absolute Gasteiger partial charge is 0.399 e. The van der Waals surface area contributed by atoms with Crippen LogP contribution in [0.15, 0.2) is 29.2 Å². The summed E-state index contributed by atoms with van der Waals surface area (Å²) in [6.07, 6.45) is 1.34. The molecule has 2 aliphatic rings. The van der Waals surface area contributed by atoms with Gasteiger partial charge in [0.05, 0.1) is 21.3 Å². The standard InChI is InChI=1S/C17H26BNO4S/c1-16(2)17(3,4)23-18(22-16)13-5-7-14(8-6-13)24(20,21)15-9-11-19-12-10-15/h5-8,15,19H,9-12H2,1-4H3. The first-order valence-electron chi connectivity index (χ1n) is 8.54. The third kappa shape index (κ3) is 3.15. The van der Waals surface area contributed by atoms with Crippen molar-refractivity contribution in [3.63, 3.8) is 0 Å². The Balaban J connectivity index is 1.79. The van der Waals surface area contributed by atoms with Crippen molar-refractivity contribution >= 4 is 22.4 Å². The van der Waals surface area contributed by atoms with E-state index in [4.69, 9.17) is 9.31 Å². The molecule has 1 aromatic carbocycles. The minimum absolute atomic E-state index is 0.290. The Hall–Kier alpha value is -0.885. The van der Waals surface area contributed by atoms with Crippen molar-refractivity contribution in [1.82, 2.24) is 5.32 Å². The number of rotatable bonds is 3. The van der Waals surface area contributed by atoms with Gasteiger partial charge < -0.3 is 14.6 Å². The maximum atomic E-state index is 12.7. The molecule has 7 heteroatoms. The van der Waals surface area contributed by atoms with Gasteiger partial charge in [0.25, 0.3) is 0 Å². The Morgan fingerprint density at radius 3 is 2.00 bits per heavy atom. The molecule has 0 amide bonds. The van der Waals surface area contributed by atoms with Crippen molar-refractivity contribution in [2.24, 2.45) is 0 Å². The molecule has 0 saturated carbocycles. The fraction of sp³-hybridized carbons (Fsp3) is 0.647. The van der Waals surface area contributed by atoms with Gasteiger partial charge in [-0.05, 0) is 71.2 Å². The predicted octanol–water partition coefficient (Wildman–Crippen LogP) is 1.51. The van der Waals surface area contributed by atoms with Gasteiger partial charge in [-0.25, -0.2) is 8.42 Å². The van der Waals surface area contributed by atoms with Crippen molar-refractivity contribution in [2.45, 2.75) is 61.9 Å². The van der Waals surface area contributed by atoms with Crippen molar-refractivity contribution in [2.75, 3.05) is 13.1 Å². The summed E-state index contributed by atoms with van der Waals surface area (Å²) in [6.45, 7) is 9.53. The zero-order valence-corrected chi connectivity index (χ0v) is 15.7. The van der Waals surface area contributed by atoms with Crippen LogP contribution in [0.25, 0.3) is 0 Å². The lowest BCUT2D eigenvalue weighted by atomic mass is 9.79. The van der Waals surface area contributed by atoms with Gasteiger partial charge in [-0.3, -0.25) is 0 Å². The van der Waals surface area contributed by atoms with E-state index in [1.54, 1.807) is 24.3 Å². The number of hydrogen-bond acceptors (Lipinski definition) is 5. The lowest BCUT2D eigenvalue weighted by Crippen LogP contribution is -2.41. The molecule has 2 heterocycles. The highest BCUT2D eigenvalue weighted by atomic mass is 32.2. The number of piperidine rings is 1. The molecule has 2 saturated heterocycles. The highest BCUT2D eigenvalue weighted by molar-refractivity contribution is 7.92. The first kappa shape index (κ1) is 17.9. The summed E-state index contributed by atoms with van der Waals surface area (Å²) in [7, 11) is -3.74. The molecule has 2 aliphatic heterocycles. The van der Waals surface area contributed by atoms with Crippen molar-refractivity contribution in [1.29, 1.82) is 0 Å². The molecule has 0 bridgehead atoms. The fourth-order valence-corrected chi connectivity index (χ4v) is 4.85. The summed E-state index contributed by atoms with van der Waals surface area (Å²) in [6, 6.07) is 6.96. The predicted molar refractivity (Wildman–Crippen MR) is 95.2 cm³/mol. The van der Waals surface area contributed by atoms with E-state index in [1.807, 2.05) is 27.7 Å². The average Bonchev–Trinajstić information content (AvgIpc) is 2.76. The monoisotopic (exact) mass is 351 g/mol. The fourth-order valence-electron chi connectivity index (χ4n) is 3.09. The van der Waals surface area contributed by atoms with Crippen LogP contribution in [0, 0.1) is 0 Å². The Labute approximate surface area is 145 Å². The first-order valence-corrected chi connectivity index (χ1v) is 10.1. The lowest BCUT2D eigenvalue weighted by molar-refractivity contribution is 0.00578. The van der Waals surface area contributed by atoms with Gasteiger partial charge in [-0.1, -0.05) is 12.1 Å². The van der Waals surface area contributed by atoms with Crippen molar-refractivity contribution < 1.29 is 17.7 Å². The molecule has 0 aromatic heterocycles. The quantitative estimate of drug-likeness (QED) is 0.837. The Kier molecular flexibility index (Phi) is 4.58. The van der Waals surface area contributed by atoms with E-state index in [2.05, 4.69) is 5.32 Å². The van der Waals surface area contributed by atoms with E-state index in [-0.39, 0.29) is 5.25 Å². The van der Waals surface area contributed by atoms with E-state index in [0.29, 0.717) is 17.7 Å². The number of benzene rings is 1. The van der Waals surface area contributed by atoms with Crippen LogP contribution < -0.4 is 10.8 Å². The Morgan fingerprint density at radius 2 is 1.50 bits per heavy atom. The van der Waals surface area contributed by atoms with Gasteiger partial charge in [0.2, 0.25) is 0 Å². The van der Waals surface area contributed by atoms with Gasteiger partial charge in [0, 0.05) is 0 Å². The highest BCUT2D eigenvalue weighted by Crippen LogP contribution is 2.36. The average molecular weight is 351 g/mol. The molecule has 5 nitrogen and oxygen atoms in total. The van der Waals surface area contributed by atoms with E-state index in [9.17, 15) is 8.42 Å². The summed E-state index contributed by atoms with van der Waals surface area (Å²) in [5, 5.41) is 2.91. The van der Waals surface area contributed by atoms with Gasteiger partial charge >= 0.3 is 7.12 Å². The zero-order chi connectivity index (χ0) is 17.6. The van der Waals surface area contributed by atoms with E-state index in [0.717, 1.165) is 18.6 Å². The Bertz CT molecular complexity index is 678. The van der Waals surface area contributed by atoms with Gasteiger partial charge in [0.15, 0.2) is 9.84 Å². The van der Waals surface area contributed by atoms with Crippen LogP contribution in [0.3, 0.4) is 0 Å². The number of hydrogen-bond donors (Lipinski definition) is 1. The molecular formula is C17H26BNO4S. The SMILES string of the molecule is CC1(C)OB(c2ccc(S(=O)(=O)C3CCNCC3)cc2)OC1(C)C. The second-order valence-corrected chi connectivity index (χ2v) is 9.88. The van der Waals surface area contributed by atoms with E-state index >= 15 is 0 Å². The highest BCUT2D eigenvalue weighted by Gasteiger charge is 2.51. The topological polar surface area (TPSA) is 64.6 Å². The molecule has 0 atom stereocenters. The molecule has 0 spiro atoms. The van der Waals surface area contributed by atoms with Crippen molar-refractivity contribution in [3.05, 3.63) is 24.3 Å². The van der Waals surface area contributed by atoms with Crippen molar-refractivity contribution in [3.8, 4) is 0 Å². The van der Waals surface area contributed by atoms with Crippen LogP contribution in [0.1, 0.15) is 40.5 Å². The molecule has 24 heavy (non-hydrogen) atoms. The number of nitrogens with one attached hydrogen (secondary N) is 1. The summed E-state index contributed by atoms with van der Waals surface area (Å²) in [5.74, 6) is 0. The lowest BCUT2D eigenvalue weighted by Gasteiger charge is -2.32. The summed E-state index contributed by atoms with van der Waals surface area (Å²) < 4.78 is 37.5. The number of sulfone groups is 1. The second kappa shape index (κ2) is 6.13. The van der Waals surface area contributed by atoms with Gasteiger partial charge in [-0.15, -0.1) is 0 Å².